The van der Waals surface area contributed by atoms with Gasteiger partial charge >= 0.3 is 11.7 Å². The normalized spacial score (nSPS) is 11.8. The van der Waals surface area contributed by atoms with Gasteiger partial charge in [0.1, 0.15) is 11.4 Å². The van der Waals surface area contributed by atoms with Crippen LogP contribution < -0.4 is 5.32 Å². The molecule has 0 aromatic heterocycles. The smallest absolute Gasteiger partial charge is 0.332 e. The average Bonchev–Trinajstić information content (AvgIpc) is 2.37. The van der Waals surface area contributed by atoms with Crippen molar-refractivity contribution in [3.8, 4) is 0 Å². The first-order valence-corrected chi connectivity index (χ1v) is 5.57. The molecule has 0 saturated carbocycles. The quantitative estimate of drug-likeness (QED) is 0.516. The highest BCUT2D eigenvalue weighted by Crippen LogP contribution is 2.22. The number of aliphatic hydroxyl groups excluding tert-OH is 1. The summed E-state index contributed by atoms with van der Waals surface area (Å²) in [6.45, 7) is -0.381. The van der Waals surface area contributed by atoms with E-state index in [1.165, 1.54) is 0 Å². The highest BCUT2D eigenvalue weighted by atomic mass is 19.1. The molecule has 0 aliphatic carbocycles. The first kappa shape index (κ1) is 16.4. The Kier molecular flexibility index (Phi) is 5.24. The lowest BCUT2D eigenvalue weighted by molar-refractivity contribution is -0.387. The van der Waals surface area contributed by atoms with Gasteiger partial charge in [-0.25, -0.2) is 9.18 Å². The predicted octanol–water partition coefficient (Wildman–Crippen LogP) is 0.438. The second-order valence-electron chi connectivity index (χ2n) is 3.91. The van der Waals surface area contributed by atoms with Crippen molar-refractivity contribution < 1.29 is 33.5 Å². The predicted molar refractivity (Wildman–Crippen MR) is 63.6 cm³/mol. The Hall–Kier alpha value is -2.62. The fraction of sp³-hybridized carbons (Fsp3) is 0.273. The molecule has 0 heterocycles. The summed E-state index contributed by atoms with van der Waals surface area (Å²) in [6, 6.07) is 1.15. The summed E-state index contributed by atoms with van der Waals surface area (Å²) >= 11 is 0. The molecular formula is C11H10F2N2O6. The summed E-state index contributed by atoms with van der Waals surface area (Å²) in [5.41, 5.74) is -2.21. The van der Waals surface area contributed by atoms with E-state index in [1.807, 2.05) is 5.32 Å². The maximum absolute atomic E-state index is 13.7. The number of carboxylic acids is 1. The van der Waals surface area contributed by atoms with Gasteiger partial charge in [-0.2, -0.15) is 4.39 Å². The van der Waals surface area contributed by atoms with Gasteiger partial charge in [0.05, 0.1) is 4.92 Å². The molecule has 0 aliphatic heterocycles. The number of amides is 1. The summed E-state index contributed by atoms with van der Waals surface area (Å²) in [5, 5.41) is 29.8. The van der Waals surface area contributed by atoms with Gasteiger partial charge in [0.2, 0.25) is 5.82 Å². The van der Waals surface area contributed by atoms with Crippen LogP contribution in [0.4, 0.5) is 14.5 Å². The first-order chi connectivity index (χ1) is 9.75. The molecule has 21 heavy (non-hydrogen) atoms. The minimum Gasteiger partial charge on any atom is -0.479 e. The van der Waals surface area contributed by atoms with Crippen LogP contribution in [0.5, 0.6) is 0 Å². The van der Waals surface area contributed by atoms with Gasteiger partial charge in [0, 0.05) is 19.0 Å². The third-order valence-corrected chi connectivity index (χ3v) is 2.48. The molecule has 0 fully saturated rings. The topological polar surface area (TPSA) is 130 Å². The molecule has 0 aliphatic rings. The second-order valence-corrected chi connectivity index (χ2v) is 3.91. The minimum atomic E-state index is -1.75. The number of aliphatic carboxylic acids is 1. The number of nitro groups is 1. The third kappa shape index (κ3) is 3.92. The molecule has 3 N–H and O–H groups in total. The fourth-order valence-electron chi connectivity index (χ4n) is 1.42. The molecule has 0 bridgehead atoms. The lowest BCUT2D eigenvalue weighted by Gasteiger charge is -2.08. The van der Waals surface area contributed by atoms with Gasteiger partial charge in [-0.15, -0.1) is 0 Å². The number of hydrogen-bond donors (Lipinski definition) is 3. The number of nitrogens with zero attached hydrogens (tertiary/aromatic N) is 1. The van der Waals surface area contributed by atoms with Crippen LogP contribution in [0.2, 0.25) is 0 Å². The van der Waals surface area contributed by atoms with Crippen LogP contribution in [-0.2, 0) is 4.79 Å². The van der Waals surface area contributed by atoms with Gasteiger partial charge in [0.25, 0.3) is 5.91 Å². The number of rotatable bonds is 6. The van der Waals surface area contributed by atoms with E-state index < -0.39 is 45.8 Å². The Morgan fingerprint density at radius 2 is 2.00 bits per heavy atom. The van der Waals surface area contributed by atoms with E-state index in [-0.39, 0.29) is 13.0 Å². The van der Waals surface area contributed by atoms with Gasteiger partial charge in [-0.05, 0) is 6.07 Å². The summed E-state index contributed by atoms with van der Waals surface area (Å²) < 4.78 is 27.1. The van der Waals surface area contributed by atoms with Crippen molar-refractivity contribution in [1.82, 2.24) is 5.32 Å². The van der Waals surface area contributed by atoms with Crippen molar-refractivity contribution in [3.63, 3.8) is 0 Å². The van der Waals surface area contributed by atoms with Crippen LogP contribution >= 0.6 is 0 Å². The van der Waals surface area contributed by atoms with Crippen LogP contribution in [0.1, 0.15) is 16.8 Å². The van der Waals surface area contributed by atoms with E-state index in [4.69, 9.17) is 10.2 Å². The number of carboxylic acid groups (broad SMARTS) is 1. The molecule has 10 heteroatoms. The zero-order chi connectivity index (χ0) is 16.2. The number of halogens is 2. The Balaban J connectivity index is 2.85. The van der Waals surface area contributed by atoms with Crippen molar-refractivity contribution in [2.75, 3.05) is 6.54 Å². The molecular weight excluding hydrogens is 294 g/mol. The Morgan fingerprint density at radius 1 is 1.38 bits per heavy atom. The standard InChI is InChI=1S/C11H10F2N2O6/c12-5-1-2-6(15(20)21)9(13)8(5)10(17)14-4-3-7(16)11(18)19/h1-2,7,16H,3-4H2,(H,14,17)(H,18,19). The third-order valence-electron chi connectivity index (χ3n) is 2.48. The van der Waals surface area contributed by atoms with E-state index in [1.54, 1.807) is 0 Å². The number of benzene rings is 1. The van der Waals surface area contributed by atoms with E-state index >= 15 is 0 Å². The number of carbonyl (C=O) groups excluding carboxylic acids is 1. The van der Waals surface area contributed by atoms with E-state index in [0.29, 0.717) is 12.1 Å². The molecule has 0 radical (unpaired) electrons. The second kappa shape index (κ2) is 6.70. The number of nitro benzene ring substituents is 1. The molecule has 1 amide bonds. The Labute approximate surface area is 116 Å². The summed E-state index contributed by atoms with van der Waals surface area (Å²) in [5.74, 6) is -5.73. The number of nitrogens with one attached hydrogen (secondary N) is 1. The molecule has 0 spiro atoms. The van der Waals surface area contributed by atoms with Crippen molar-refractivity contribution in [3.05, 3.63) is 39.4 Å². The minimum absolute atomic E-state index is 0.381. The average molecular weight is 304 g/mol. The lowest BCUT2D eigenvalue weighted by atomic mass is 10.1. The van der Waals surface area contributed by atoms with Crippen molar-refractivity contribution in [2.24, 2.45) is 0 Å². The molecule has 1 unspecified atom stereocenters. The molecule has 8 nitrogen and oxygen atoms in total. The largest absolute Gasteiger partial charge is 0.479 e. The van der Waals surface area contributed by atoms with Crippen molar-refractivity contribution in [1.29, 1.82) is 0 Å². The lowest BCUT2D eigenvalue weighted by Crippen LogP contribution is -2.31. The monoisotopic (exact) mass is 304 g/mol. The molecule has 1 aromatic rings. The van der Waals surface area contributed by atoms with Crippen LogP contribution in [-0.4, -0.2) is 39.7 Å². The highest BCUT2D eigenvalue weighted by Gasteiger charge is 2.26. The Bertz CT molecular complexity index is 592. The van der Waals surface area contributed by atoms with Gasteiger partial charge < -0.3 is 15.5 Å². The summed E-state index contributed by atoms with van der Waals surface area (Å²) in [6.07, 6.45) is -2.13. The molecule has 114 valence electrons. The SMILES string of the molecule is O=C(NCCC(O)C(=O)O)c1c(F)ccc([N+](=O)[O-])c1F. The van der Waals surface area contributed by atoms with Crippen LogP contribution in [0, 0.1) is 21.7 Å². The number of carbonyl (C=O) groups is 2. The Morgan fingerprint density at radius 3 is 2.52 bits per heavy atom. The zero-order valence-electron chi connectivity index (χ0n) is 10.4. The van der Waals surface area contributed by atoms with Crippen LogP contribution in [0.3, 0.4) is 0 Å². The molecule has 1 aromatic carbocycles. The highest BCUT2D eigenvalue weighted by molar-refractivity contribution is 5.95. The van der Waals surface area contributed by atoms with Gasteiger partial charge in [-0.1, -0.05) is 0 Å². The molecule has 1 atom stereocenters. The molecule has 1 rings (SSSR count). The molecule has 0 saturated heterocycles. The van der Waals surface area contributed by atoms with Crippen molar-refractivity contribution in [2.45, 2.75) is 12.5 Å². The van der Waals surface area contributed by atoms with Gasteiger partial charge in [-0.3, -0.25) is 14.9 Å². The maximum atomic E-state index is 13.7. The summed E-state index contributed by atoms with van der Waals surface area (Å²) in [4.78, 5) is 31.3. The first-order valence-electron chi connectivity index (χ1n) is 5.57. The van der Waals surface area contributed by atoms with E-state index in [0.717, 1.165) is 0 Å². The number of hydrogen-bond acceptors (Lipinski definition) is 5. The van der Waals surface area contributed by atoms with Crippen LogP contribution in [0.25, 0.3) is 0 Å². The van der Waals surface area contributed by atoms with E-state index in [2.05, 4.69) is 0 Å². The fourth-order valence-corrected chi connectivity index (χ4v) is 1.42. The summed E-state index contributed by atoms with van der Waals surface area (Å²) in [7, 11) is 0. The zero-order valence-corrected chi connectivity index (χ0v) is 10.4. The van der Waals surface area contributed by atoms with Gasteiger partial charge in [0.15, 0.2) is 6.10 Å². The number of aliphatic hydroxyl groups is 1. The van der Waals surface area contributed by atoms with E-state index in [9.17, 15) is 28.5 Å². The van der Waals surface area contributed by atoms with Crippen molar-refractivity contribution >= 4 is 17.6 Å². The van der Waals surface area contributed by atoms with Crippen LogP contribution in [0.15, 0.2) is 12.1 Å². The maximum Gasteiger partial charge on any atom is 0.332 e.